The number of nitrogens with one attached hydrogen (secondary N) is 1. The van der Waals surface area contributed by atoms with Gasteiger partial charge in [0.1, 0.15) is 0 Å². The van der Waals surface area contributed by atoms with Crippen LogP contribution >= 0.6 is 0 Å². The minimum atomic E-state index is 0.196. The second-order valence-electron chi connectivity index (χ2n) is 5.62. The van der Waals surface area contributed by atoms with E-state index in [0.717, 1.165) is 37.6 Å². The zero-order valence-corrected chi connectivity index (χ0v) is 13.2. The highest BCUT2D eigenvalue weighted by molar-refractivity contribution is 5.24. The Morgan fingerprint density at radius 2 is 1.90 bits per heavy atom. The summed E-state index contributed by atoms with van der Waals surface area (Å²) in [6.45, 7) is 7.42. The molecule has 0 radical (unpaired) electrons. The van der Waals surface area contributed by atoms with E-state index in [4.69, 9.17) is 4.42 Å². The van der Waals surface area contributed by atoms with Crippen molar-refractivity contribution >= 4 is 0 Å². The predicted octanol–water partition coefficient (Wildman–Crippen LogP) is 3.54. The van der Waals surface area contributed by atoms with Gasteiger partial charge in [0.25, 0.3) is 0 Å². The number of aromatic nitrogens is 2. The second kappa shape index (κ2) is 7.93. The molecular formula is C17H25N3O. The van der Waals surface area contributed by atoms with E-state index in [1.165, 1.54) is 5.56 Å². The van der Waals surface area contributed by atoms with Gasteiger partial charge in [-0.25, -0.2) is 0 Å². The summed E-state index contributed by atoms with van der Waals surface area (Å²) < 4.78 is 5.85. The zero-order chi connectivity index (χ0) is 15.1. The summed E-state index contributed by atoms with van der Waals surface area (Å²) in [5, 5.41) is 11.8. The van der Waals surface area contributed by atoms with Gasteiger partial charge in [-0.2, -0.15) is 0 Å². The lowest BCUT2D eigenvalue weighted by Gasteiger charge is -2.10. The van der Waals surface area contributed by atoms with Gasteiger partial charge in [0.2, 0.25) is 11.8 Å². The molecule has 1 aromatic carbocycles. The van der Waals surface area contributed by atoms with E-state index in [2.05, 4.69) is 48.4 Å². The van der Waals surface area contributed by atoms with Crippen LogP contribution in [0.3, 0.4) is 0 Å². The molecule has 1 heterocycles. The monoisotopic (exact) mass is 287 g/mol. The van der Waals surface area contributed by atoms with Crippen molar-refractivity contribution < 1.29 is 4.42 Å². The summed E-state index contributed by atoms with van der Waals surface area (Å²) >= 11 is 0. The maximum absolute atomic E-state index is 5.85. The Morgan fingerprint density at radius 3 is 2.57 bits per heavy atom. The topological polar surface area (TPSA) is 51.0 Å². The average molecular weight is 287 g/mol. The smallest absolute Gasteiger partial charge is 0.223 e. The van der Waals surface area contributed by atoms with Crippen molar-refractivity contribution in [3.8, 4) is 0 Å². The zero-order valence-electron chi connectivity index (χ0n) is 13.2. The number of nitrogens with zero attached hydrogens (tertiary/aromatic N) is 2. The maximum Gasteiger partial charge on any atom is 0.223 e. The Morgan fingerprint density at radius 1 is 1.14 bits per heavy atom. The van der Waals surface area contributed by atoms with Crippen molar-refractivity contribution in [1.82, 2.24) is 15.5 Å². The standard InChI is InChI=1S/C17H25N3O/c1-4-15(14-9-6-5-7-10-14)17-20-19-16(21-17)11-8-12-18-13(2)3/h5-7,9-10,13,15,18H,4,8,11-12H2,1-3H3. The van der Waals surface area contributed by atoms with E-state index >= 15 is 0 Å². The second-order valence-corrected chi connectivity index (χ2v) is 5.62. The molecule has 2 aromatic rings. The first-order valence-corrected chi connectivity index (χ1v) is 7.81. The Balaban J connectivity index is 1.95. The molecule has 1 aromatic heterocycles. The van der Waals surface area contributed by atoms with Gasteiger partial charge in [0, 0.05) is 12.5 Å². The molecule has 0 aliphatic carbocycles. The van der Waals surface area contributed by atoms with Crippen LogP contribution in [0.15, 0.2) is 34.7 Å². The number of rotatable bonds is 8. The van der Waals surface area contributed by atoms with E-state index < -0.39 is 0 Å². The van der Waals surface area contributed by atoms with Gasteiger partial charge < -0.3 is 9.73 Å². The molecule has 0 aliphatic rings. The van der Waals surface area contributed by atoms with Crippen molar-refractivity contribution in [2.75, 3.05) is 6.54 Å². The van der Waals surface area contributed by atoms with E-state index in [0.29, 0.717) is 6.04 Å². The van der Waals surface area contributed by atoms with Gasteiger partial charge in [0.05, 0.1) is 5.92 Å². The summed E-state index contributed by atoms with van der Waals surface area (Å²) in [7, 11) is 0. The van der Waals surface area contributed by atoms with Gasteiger partial charge >= 0.3 is 0 Å². The molecule has 0 amide bonds. The summed E-state index contributed by atoms with van der Waals surface area (Å²) in [5.74, 6) is 1.67. The molecule has 114 valence electrons. The molecule has 0 saturated heterocycles. The van der Waals surface area contributed by atoms with E-state index in [-0.39, 0.29) is 5.92 Å². The predicted molar refractivity (Wildman–Crippen MR) is 84.3 cm³/mol. The summed E-state index contributed by atoms with van der Waals surface area (Å²) in [5.41, 5.74) is 1.23. The van der Waals surface area contributed by atoms with Gasteiger partial charge in [-0.3, -0.25) is 0 Å². The van der Waals surface area contributed by atoms with Gasteiger partial charge in [-0.05, 0) is 24.9 Å². The molecular weight excluding hydrogens is 262 g/mol. The van der Waals surface area contributed by atoms with Gasteiger partial charge in [0.15, 0.2) is 0 Å². The average Bonchev–Trinajstić information content (AvgIpc) is 2.94. The number of hydrogen-bond donors (Lipinski definition) is 1. The molecule has 21 heavy (non-hydrogen) atoms. The molecule has 2 rings (SSSR count). The molecule has 0 aliphatic heterocycles. The lowest BCUT2D eigenvalue weighted by Crippen LogP contribution is -2.23. The molecule has 0 spiro atoms. The minimum Gasteiger partial charge on any atom is -0.425 e. The molecule has 4 heteroatoms. The number of benzene rings is 1. The quantitative estimate of drug-likeness (QED) is 0.754. The van der Waals surface area contributed by atoms with Crippen LogP contribution in [-0.4, -0.2) is 22.8 Å². The van der Waals surface area contributed by atoms with Crippen LogP contribution in [0.1, 0.15) is 56.9 Å². The summed E-state index contributed by atoms with van der Waals surface area (Å²) in [6, 6.07) is 10.9. The molecule has 0 saturated carbocycles. The number of aryl methyl sites for hydroxylation is 1. The fraction of sp³-hybridized carbons (Fsp3) is 0.529. The first-order chi connectivity index (χ1) is 10.2. The fourth-order valence-corrected chi connectivity index (χ4v) is 2.38. The maximum atomic E-state index is 5.85. The lowest BCUT2D eigenvalue weighted by atomic mass is 9.97. The van der Waals surface area contributed by atoms with E-state index in [1.54, 1.807) is 0 Å². The van der Waals surface area contributed by atoms with Crippen molar-refractivity contribution in [2.45, 2.75) is 52.0 Å². The molecule has 1 N–H and O–H groups in total. The lowest BCUT2D eigenvalue weighted by molar-refractivity contribution is 0.421. The molecule has 4 nitrogen and oxygen atoms in total. The van der Waals surface area contributed by atoms with Crippen LogP contribution < -0.4 is 5.32 Å². The third kappa shape index (κ3) is 4.67. The van der Waals surface area contributed by atoms with Crippen LogP contribution in [0.2, 0.25) is 0 Å². The highest BCUT2D eigenvalue weighted by atomic mass is 16.4. The van der Waals surface area contributed by atoms with E-state index in [1.807, 2.05) is 18.2 Å². The molecule has 0 fully saturated rings. The Hall–Kier alpha value is -1.68. The highest BCUT2D eigenvalue weighted by Gasteiger charge is 2.18. The van der Waals surface area contributed by atoms with Crippen molar-refractivity contribution in [1.29, 1.82) is 0 Å². The van der Waals surface area contributed by atoms with Crippen LogP contribution in [0.25, 0.3) is 0 Å². The van der Waals surface area contributed by atoms with Crippen molar-refractivity contribution in [2.24, 2.45) is 0 Å². The Labute approximate surface area is 127 Å². The van der Waals surface area contributed by atoms with Crippen LogP contribution in [0.4, 0.5) is 0 Å². The van der Waals surface area contributed by atoms with Crippen molar-refractivity contribution in [3.05, 3.63) is 47.7 Å². The van der Waals surface area contributed by atoms with Crippen LogP contribution in [0.5, 0.6) is 0 Å². The summed E-state index contributed by atoms with van der Waals surface area (Å²) in [6.07, 6.45) is 2.81. The normalized spacial score (nSPS) is 12.8. The summed E-state index contributed by atoms with van der Waals surface area (Å²) in [4.78, 5) is 0. The third-order valence-corrected chi connectivity index (χ3v) is 3.51. The van der Waals surface area contributed by atoms with Crippen LogP contribution in [0, 0.1) is 0 Å². The molecule has 1 unspecified atom stereocenters. The highest BCUT2D eigenvalue weighted by Crippen LogP contribution is 2.26. The SMILES string of the molecule is CCC(c1ccccc1)c1nnc(CCCNC(C)C)o1. The van der Waals surface area contributed by atoms with Crippen molar-refractivity contribution in [3.63, 3.8) is 0 Å². The molecule has 0 bridgehead atoms. The van der Waals surface area contributed by atoms with Crippen LogP contribution in [-0.2, 0) is 6.42 Å². The number of hydrogen-bond acceptors (Lipinski definition) is 4. The Bertz CT molecular complexity index is 522. The van der Waals surface area contributed by atoms with E-state index in [9.17, 15) is 0 Å². The third-order valence-electron chi connectivity index (χ3n) is 3.51. The first kappa shape index (κ1) is 15.7. The minimum absolute atomic E-state index is 0.196. The Kier molecular flexibility index (Phi) is 5.93. The first-order valence-electron chi connectivity index (χ1n) is 7.81. The largest absolute Gasteiger partial charge is 0.425 e. The van der Waals surface area contributed by atoms with Gasteiger partial charge in [-0.1, -0.05) is 51.1 Å². The fourth-order valence-electron chi connectivity index (χ4n) is 2.38. The van der Waals surface area contributed by atoms with Gasteiger partial charge in [-0.15, -0.1) is 10.2 Å². The molecule has 1 atom stereocenters.